The van der Waals surface area contributed by atoms with Gasteiger partial charge in [0.2, 0.25) is 0 Å². The maximum atomic E-state index is 4.10. The summed E-state index contributed by atoms with van der Waals surface area (Å²) in [6.07, 6.45) is 3.65. The Labute approximate surface area is 90.0 Å². The fraction of sp³-hybridized carbons (Fsp3) is 0.154. The lowest BCUT2D eigenvalue weighted by Crippen LogP contribution is -1.93. The number of nitrogens with zero attached hydrogens (tertiary/aromatic N) is 1. The molecule has 2 heteroatoms. The molecule has 2 aromatic rings. The Morgan fingerprint density at radius 2 is 2.00 bits per heavy atom. The topological polar surface area (TPSA) is 24.9 Å². The first kappa shape index (κ1) is 9.71. The van der Waals surface area contributed by atoms with Gasteiger partial charge < -0.3 is 5.32 Å². The number of aromatic nitrogens is 1. The minimum absolute atomic E-state index is 1.06. The number of rotatable bonds is 2. The number of hydrogen-bond acceptors (Lipinski definition) is 2. The van der Waals surface area contributed by atoms with Gasteiger partial charge in [0.25, 0.3) is 0 Å². The van der Waals surface area contributed by atoms with Gasteiger partial charge in [-0.15, -0.1) is 0 Å². The molecule has 1 N–H and O–H groups in total. The molecule has 76 valence electrons. The third kappa shape index (κ3) is 2.34. The number of benzene rings is 1. The monoisotopic (exact) mass is 198 g/mol. The van der Waals surface area contributed by atoms with Gasteiger partial charge in [0.05, 0.1) is 11.9 Å². The highest BCUT2D eigenvalue weighted by molar-refractivity contribution is 5.62. The van der Waals surface area contributed by atoms with Crippen LogP contribution in [0, 0.1) is 13.8 Å². The van der Waals surface area contributed by atoms with Gasteiger partial charge in [0.15, 0.2) is 0 Å². The van der Waals surface area contributed by atoms with E-state index in [1.165, 1.54) is 11.1 Å². The minimum atomic E-state index is 1.06. The first-order chi connectivity index (χ1) is 7.25. The van der Waals surface area contributed by atoms with Crippen LogP contribution in [0.3, 0.4) is 0 Å². The normalized spacial score (nSPS) is 10.0. The van der Waals surface area contributed by atoms with E-state index in [4.69, 9.17) is 0 Å². The summed E-state index contributed by atoms with van der Waals surface area (Å²) in [7, 11) is 0. The predicted octanol–water partition coefficient (Wildman–Crippen LogP) is 3.44. The van der Waals surface area contributed by atoms with E-state index < -0.39 is 0 Å². The van der Waals surface area contributed by atoms with Crippen LogP contribution in [0.1, 0.15) is 11.1 Å². The van der Waals surface area contributed by atoms with E-state index in [-0.39, 0.29) is 0 Å². The molecule has 0 radical (unpaired) electrons. The second-order valence-corrected chi connectivity index (χ2v) is 3.69. The van der Waals surface area contributed by atoms with Gasteiger partial charge in [-0.1, -0.05) is 12.1 Å². The van der Waals surface area contributed by atoms with Crippen LogP contribution in [0.5, 0.6) is 0 Å². The molecule has 2 rings (SSSR count). The number of pyridine rings is 1. The Hall–Kier alpha value is -1.83. The molecule has 15 heavy (non-hydrogen) atoms. The highest BCUT2D eigenvalue weighted by atomic mass is 14.9. The van der Waals surface area contributed by atoms with Crippen molar-refractivity contribution in [2.45, 2.75) is 13.8 Å². The summed E-state index contributed by atoms with van der Waals surface area (Å²) >= 11 is 0. The molecule has 0 bridgehead atoms. The maximum Gasteiger partial charge on any atom is 0.0600 e. The highest BCUT2D eigenvalue weighted by Gasteiger charge is 1.97. The molecule has 0 aliphatic heterocycles. The molecule has 0 aliphatic carbocycles. The fourth-order valence-corrected chi connectivity index (χ4v) is 1.47. The van der Waals surface area contributed by atoms with Crippen LogP contribution in [-0.4, -0.2) is 4.98 Å². The number of nitrogens with one attached hydrogen (secondary N) is 1. The molecule has 0 saturated heterocycles. The molecule has 0 aliphatic rings. The van der Waals surface area contributed by atoms with Gasteiger partial charge in [-0.25, -0.2) is 0 Å². The van der Waals surface area contributed by atoms with Crippen LogP contribution >= 0.6 is 0 Å². The van der Waals surface area contributed by atoms with Crippen LogP contribution < -0.4 is 5.32 Å². The predicted molar refractivity (Wildman–Crippen MR) is 63.4 cm³/mol. The van der Waals surface area contributed by atoms with Crippen molar-refractivity contribution in [3.05, 3.63) is 53.9 Å². The van der Waals surface area contributed by atoms with Crippen LogP contribution in [0.4, 0.5) is 11.4 Å². The largest absolute Gasteiger partial charge is 0.354 e. The molecular weight excluding hydrogens is 184 g/mol. The van der Waals surface area contributed by atoms with Gasteiger partial charge in [-0.05, 0) is 43.2 Å². The zero-order valence-electron chi connectivity index (χ0n) is 8.99. The van der Waals surface area contributed by atoms with Crippen LogP contribution in [-0.2, 0) is 0 Å². The second kappa shape index (κ2) is 4.13. The molecule has 1 aromatic heterocycles. The van der Waals surface area contributed by atoms with E-state index in [9.17, 15) is 0 Å². The molecule has 2 nitrogen and oxygen atoms in total. The minimum Gasteiger partial charge on any atom is -0.354 e. The van der Waals surface area contributed by atoms with Gasteiger partial charge >= 0.3 is 0 Å². The summed E-state index contributed by atoms with van der Waals surface area (Å²) in [6.45, 7) is 4.15. The Balaban J connectivity index is 2.26. The molecule has 0 amide bonds. The lowest BCUT2D eigenvalue weighted by atomic mass is 10.2. The zero-order valence-corrected chi connectivity index (χ0v) is 8.99. The number of anilines is 2. The summed E-state index contributed by atoms with van der Waals surface area (Å²) in [4.78, 5) is 4.10. The summed E-state index contributed by atoms with van der Waals surface area (Å²) in [6, 6.07) is 10.3. The van der Waals surface area contributed by atoms with Crippen molar-refractivity contribution in [3.63, 3.8) is 0 Å². The third-order valence-electron chi connectivity index (χ3n) is 2.34. The Morgan fingerprint density at radius 1 is 1.13 bits per heavy atom. The van der Waals surface area contributed by atoms with Gasteiger partial charge in [0, 0.05) is 11.9 Å². The Kier molecular flexibility index (Phi) is 2.68. The molecule has 0 atom stereocenters. The van der Waals surface area contributed by atoms with E-state index in [1.807, 2.05) is 18.3 Å². The van der Waals surface area contributed by atoms with Gasteiger partial charge in [0.1, 0.15) is 0 Å². The molecule has 0 saturated carbocycles. The lowest BCUT2D eigenvalue weighted by molar-refractivity contribution is 1.28. The van der Waals surface area contributed by atoms with E-state index in [0.29, 0.717) is 0 Å². The first-order valence-corrected chi connectivity index (χ1v) is 5.00. The number of aryl methyl sites for hydroxylation is 2. The van der Waals surface area contributed by atoms with E-state index >= 15 is 0 Å². The van der Waals surface area contributed by atoms with Crippen molar-refractivity contribution in [3.8, 4) is 0 Å². The first-order valence-electron chi connectivity index (χ1n) is 5.00. The second-order valence-electron chi connectivity index (χ2n) is 3.69. The van der Waals surface area contributed by atoms with E-state index in [0.717, 1.165) is 11.4 Å². The highest BCUT2D eigenvalue weighted by Crippen LogP contribution is 2.19. The van der Waals surface area contributed by atoms with Crippen molar-refractivity contribution < 1.29 is 0 Å². The Bertz CT molecular complexity index is 464. The third-order valence-corrected chi connectivity index (χ3v) is 2.34. The fourth-order valence-electron chi connectivity index (χ4n) is 1.47. The molecule has 0 spiro atoms. The molecule has 0 unspecified atom stereocenters. The molecule has 1 aromatic carbocycles. The molecule has 1 heterocycles. The molecular formula is C13H14N2. The zero-order chi connectivity index (χ0) is 10.7. The van der Waals surface area contributed by atoms with Crippen molar-refractivity contribution in [1.82, 2.24) is 4.98 Å². The summed E-state index contributed by atoms with van der Waals surface area (Å²) < 4.78 is 0. The molecule has 0 fully saturated rings. The van der Waals surface area contributed by atoms with Crippen molar-refractivity contribution in [2.24, 2.45) is 0 Å². The van der Waals surface area contributed by atoms with Gasteiger partial charge in [-0.3, -0.25) is 4.98 Å². The quantitative estimate of drug-likeness (QED) is 0.799. The van der Waals surface area contributed by atoms with E-state index in [2.05, 4.69) is 42.3 Å². The smallest absolute Gasteiger partial charge is 0.0600 e. The van der Waals surface area contributed by atoms with Crippen molar-refractivity contribution in [1.29, 1.82) is 0 Å². The summed E-state index contributed by atoms with van der Waals surface area (Å²) in [5, 5.41) is 3.35. The Morgan fingerprint density at radius 3 is 2.73 bits per heavy atom. The van der Waals surface area contributed by atoms with Gasteiger partial charge in [-0.2, -0.15) is 0 Å². The standard InChI is InChI=1S/C13H14N2/c1-10-4-3-5-12(8-10)15-13-9-14-7-6-11(13)2/h3-9,15H,1-2H3. The maximum absolute atomic E-state index is 4.10. The lowest BCUT2D eigenvalue weighted by Gasteiger charge is -2.08. The van der Waals surface area contributed by atoms with Crippen LogP contribution in [0.25, 0.3) is 0 Å². The number of hydrogen-bond donors (Lipinski definition) is 1. The van der Waals surface area contributed by atoms with Crippen molar-refractivity contribution >= 4 is 11.4 Å². The SMILES string of the molecule is Cc1cccc(Nc2cnccc2C)c1. The summed E-state index contributed by atoms with van der Waals surface area (Å²) in [5.41, 5.74) is 4.61. The average Bonchev–Trinajstić information content (AvgIpc) is 2.22. The average molecular weight is 198 g/mol. The van der Waals surface area contributed by atoms with Crippen molar-refractivity contribution in [2.75, 3.05) is 5.32 Å². The summed E-state index contributed by atoms with van der Waals surface area (Å²) in [5.74, 6) is 0. The van der Waals surface area contributed by atoms with E-state index in [1.54, 1.807) is 6.20 Å². The van der Waals surface area contributed by atoms with Crippen LogP contribution in [0.15, 0.2) is 42.7 Å². The van der Waals surface area contributed by atoms with Crippen LogP contribution in [0.2, 0.25) is 0 Å².